The summed E-state index contributed by atoms with van der Waals surface area (Å²) in [6.45, 7) is 3.07. The van der Waals surface area contributed by atoms with E-state index in [1.165, 1.54) is 30.1 Å². The third-order valence-corrected chi connectivity index (χ3v) is 8.62. The summed E-state index contributed by atoms with van der Waals surface area (Å²) in [5.74, 6) is -0.730. The Labute approximate surface area is 271 Å². The zero-order valence-corrected chi connectivity index (χ0v) is 26.5. The van der Waals surface area contributed by atoms with Crippen molar-refractivity contribution in [3.63, 3.8) is 0 Å². The Balaban J connectivity index is 1.74. The molecule has 1 fully saturated rings. The molecule has 1 saturated carbocycles. The number of nitrogens with zero attached hydrogens (tertiary/aromatic N) is 4. The Morgan fingerprint density at radius 2 is 1.46 bits per heavy atom. The van der Waals surface area contributed by atoms with Crippen molar-refractivity contribution in [2.24, 2.45) is 16.9 Å². The van der Waals surface area contributed by atoms with E-state index in [-0.39, 0.29) is 53.5 Å². The molecule has 2 aromatic carbocycles. The Bertz CT molecular complexity index is 1450. The molecule has 0 bridgehead atoms. The lowest BCUT2D eigenvalue weighted by molar-refractivity contribution is -0.143. The monoisotopic (exact) mass is 696 g/mol. The van der Waals surface area contributed by atoms with Gasteiger partial charge in [-0.2, -0.15) is 39.5 Å². The molecule has 0 atom stereocenters. The molecule has 2 aliphatic rings. The summed E-state index contributed by atoms with van der Waals surface area (Å²) in [4.78, 5) is 14.3. The van der Waals surface area contributed by atoms with Gasteiger partial charge in [0.15, 0.2) is 0 Å². The highest BCUT2D eigenvalue weighted by molar-refractivity contribution is 5.80. The van der Waals surface area contributed by atoms with Crippen LogP contribution in [0.25, 0.3) is 0 Å². The molecule has 0 aromatic heterocycles. The quantitative estimate of drug-likeness (QED) is 0.224. The first-order chi connectivity index (χ1) is 22.2. The lowest BCUT2D eigenvalue weighted by atomic mass is 9.80. The molecule has 1 aliphatic carbocycles. The van der Waals surface area contributed by atoms with Gasteiger partial charge in [0.25, 0.3) is 0 Å². The van der Waals surface area contributed by atoms with Gasteiger partial charge >= 0.3 is 24.5 Å². The van der Waals surface area contributed by atoms with Gasteiger partial charge in [-0.3, -0.25) is 10.2 Å². The van der Waals surface area contributed by atoms with E-state index < -0.39 is 47.7 Å². The standard InChI is InChI=1S/C31H37F9N6O2/c1-4-45(15-20-7-5-19(6-8-20)12-27(47)48)26-9-18(2)25(31(38,39)40)13-22(26)17-46(28-41-43-44(3)42-28)16-21-10-23(29(32,33)34)14-24(11-21)30(35,36)37/h9-11,13-14,19-20,43H,4-8,12,15-17H2,1-3H3,(H,41,42)(H,47,48). The van der Waals surface area contributed by atoms with Crippen molar-refractivity contribution in [2.75, 3.05) is 25.0 Å². The molecule has 0 spiro atoms. The van der Waals surface area contributed by atoms with E-state index in [4.69, 9.17) is 5.11 Å². The zero-order chi connectivity index (χ0) is 35.6. The van der Waals surface area contributed by atoms with E-state index in [1.807, 2.05) is 11.8 Å². The summed E-state index contributed by atoms with van der Waals surface area (Å²) < 4.78 is 124. The fourth-order valence-corrected chi connectivity index (χ4v) is 6.24. The third kappa shape index (κ3) is 9.38. The number of aliphatic carboxylic acids is 1. The van der Waals surface area contributed by atoms with Gasteiger partial charge in [-0.25, -0.2) is 5.53 Å². The van der Waals surface area contributed by atoms with Crippen molar-refractivity contribution in [3.8, 4) is 0 Å². The Morgan fingerprint density at radius 3 is 1.94 bits per heavy atom. The number of anilines is 1. The highest BCUT2D eigenvalue weighted by Crippen LogP contribution is 2.40. The smallest absolute Gasteiger partial charge is 0.416 e. The van der Waals surface area contributed by atoms with Crippen LogP contribution < -0.4 is 15.9 Å². The minimum absolute atomic E-state index is 0.0104. The highest BCUT2D eigenvalue weighted by atomic mass is 19.4. The van der Waals surface area contributed by atoms with E-state index in [0.717, 1.165) is 18.9 Å². The molecule has 2 aromatic rings. The maximum absolute atomic E-state index is 14.2. The van der Waals surface area contributed by atoms with Crippen LogP contribution in [0.3, 0.4) is 0 Å². The van der Waals surface area contributed by atoms with E-state index >= 15 is 0 Å². The molecular formula is C31H37F9N6O2. The molecular weight excluding hydrogens is 659 g/mol. The van der Waals surface area contributed by atoms with Crippen molar-refractivity contribution < 1.29 is 49.4 Å². The van der Waals surface area contributed by atoms with Crippen molar-refractivity contribution in [3.05, 3.63) is 63.7 Å². The number of aryl methyl sites for hydroxylation is 1. The maximum Gasteiger partial charge on any atom is 0.416 e. The number of alkyl halides is 9. The normalized spacial score (nSPS) is 19.0. The number of carboxylic acid groups (broad SMARTS) is 1. The molecule has 0 saturated heterocycles. The third-order valence-electron chi connectivity index (χ3n) is 8.62. The average Bonchev–Trinajstić information content (AvgIpc) is 3.41. The number of hydrazone groups is 1. The van der Waals surface area contributed by atoms with E-state index in [9.17, 15) is 44.3 Å². The van der Waals surface area contributed by atoms with Crippen molar-refractivity contribution in [1.82, 2.24) is 21.0 Å². The van der Waals surface area contributed by atoms with Crippen LogP contribution in [0.1, 0.15) is 72.4 Å². The average molecular weight is 697 g/mol. The Kier molecular flexibility index (Phi) is 11.0. The number of carbonyl (C=O) groups is 1. The molecule has 3 N–H and O–H groups in total. The summed E-state index contributed by atoms with van der Waals surface area (Å²) in [7, 11) is 1.49. The van der Waals surface area contributed by atoms with Crippen LogP contribution in [0.4, 0.5) is 45.2 Å². The largest absolute Gasteiger partial charge is 0.481 e. The van der Waals surface area contributed by atoms with Crippen LogP contribution in [0.2, 0.25) is 0 Å². The Morgan fingerprint density at radius 1 is 0.875 bits per heavy atom. The second-order valence-electron chi connectivity index (χ2n) is 12.3. The van der Waals surface area contributed by atoms with E-state index in [0.29, 0.717) is 43.8 Å². The summed E-state index contributed by atoms with van der Waals surface area (Å²) in [5.41, 5.74) is 1.46. The number of halogens is 9. The molecule has 48 heavy (non-hydrogen) atoms. The van der Waals surface area contributed by atoms with Crippen LogP contribution in [0, 0.1) is 18.8 Å². The summed E-state index contributed by atoms with van der Waals surface area (Å²) in [6.07, 6.45) is -12.0. The second kappa shape index (κ2) is 14.3. The number of hydrazine groups is 2. The molecule has 1 aliphatic heterocycles. The first-order valence-corrected chi connectivity index (χ1v) is 15.3. The summed E-state index contributed by atoms with van der Waals surface area (Å²) in [5, 5.41) is 14.4. The van der Waals surface area contributed by atoms with Gasteiger partial charge in [0.2, 0.25) is 5.96 Å². The van der Waals surface area contributed by atoms with Gasteiger partial charge < -0.3 is 14.9 Å². The van der Waals surface area contributed by atoms with Gasteiger partial charge in [0, 0.05) is 45.3 Å². The van der Waals surface area contributed by atoms with Crippen molar-refractivity contribution in [1.29, 1.82) is 0 Å². The predicted octanol–water partition coefficient (Wildman–Crippen LogP) is 7.39. The van der Waals surface area contributed by atoms with Crippen LogP contribution in [0.5, 0.6) is 0 Å². The number of hydrogen-bond acceptors (Lipinski definition) is 7. The number of rotatable bonds is 10. The van der Waals surface area contributed by atoms with Gasteiger partial charge in [0.1, 0.15) is 0 Å². The minimum atomic E-state index is -5.09. The van der Waals surface area contributed by atoms with Crippen LogP contribution in [-0.2, 0) is 36.4 Å². The van der Waals surface area contributed by atoms with Gasteiger partial charge in [0.05, 0.1) is 16.7 Å². The van der Waals surface area contributed by atoms with Gasteiger partial charge in [-0.1, -0.05) is 0 Å². The molecule has 17 heteroatoms. The molecule has 4 rings (SSSR count). The van der Waals surface area contributed by atoms with Crippen LogP contribution in [-0.4, -0.2) is 47.2 Å². The van der Waals surface area contributed by atoms with Crippen LogP contribution >= 0.6 is 0 Å². The molecule has 0 amide bonds. The predicted molar refractivity (Wildman–Crippen MR) is 159 cm³/mol. The summed E-state index contributed by atoms with van der Waals surface area (Å²) >= 11 is 0. The molecule has 1 heterocycles. The SMILES string of the molecule is CCN(CC1CCC(CC(=O)O)CC1)c1cc(C)c(C(F)(F)F)cc1CN(Cc1cc(C(F)(F)F)cc(C(F)(F)F)c1)C1=NNN(C)N1. The first-order valence-electron chi connectivity index (χ1n) is 15.3. The fourth-order valence-electron chi connectivity index (χ4n) is 6.24. The van der Waals surface area contributed by atoms with Gasteiger partial charge in [-0.05, 0) is 98.4 Å². The Hall–Kier alpha value is -3.89. The second-order valence-corrected chi connectivity index (χ2v) is 12.3. The lowest BCUT2D eigenvalue weighted by Crippen LogP contribution is -2.44. The van der Waals surface area contributed by atoms with Crippen molar-refractivity contribution in [2.45, 2.75) is 77.6 Å². The zero-order valence-electron chi connectivity index (χ0n) is 26.5. The van der Waals surface area contributed by atoms with E-state index in [2.05, 4.69) is 16.1 Å². The van der Waals surface area contributed by atoms with Gasteiger partial charge in [-0.15, -0.1) is 10.2 Å². The van der Waals surface area contributed by atoms with Crippen LogP contribution in [0.15, 0.2) is 35.4 Å². The molecule has 0 unspecified atom stereocenters. The maximum atomic E-state index is 14.2. The number of carboxylic acids is 1. The topological polar surface area (TPSA) is 83.4 Å². The molecule has 0 radical (unpaired) electrons. The number of benzene rings is 2. The molecule has 8 nitrogen and oxygen atoms in total. The number of hydrogen-bond donors (Lipinski definition) is 3. The molecule has 266 valence electrons. The fraction of sp³-hybridized carbons (Fsp3) is 0.548. The summed E-state index contributed by atoms with van der Waals surface area (Å²) in [6, 6.07) is 3.52. The number of guanidine groups is 1. The highest BCUT2D eigenvalue weighted by Gasteiger charge is 2.38. The minimum Gasteiger partial charge on any atom is -0.481 e. The first kappa shape index (κ1) is 36.9. The number of nitrogens with one attached hydrogen (secondary N) is 2. The van der Waals surface area contributed by atoms with Crippen molar-refractivity contribution >= 4 is 17.6 Å². The van der Waals surface area contributed by atoms with E-state index in [1.54, 1.807) is 0 Å². The lowest BCUT2D eigenvalue weighted by Gasteiger charge is -2.35.